The van der Waals surface area contributed by atoms with Crippen molar-refractivity contribution in [2.45, 2.75) is 169 Å². The van der Waals surface area contributed by atoms with E-state index < -0.39 is 0 Å². The third-order valence-corrected chi connectivity index (χ3v) is 12.1. The number of hydrogen-bond acceptors (Lipinski definition) is 4. The lowest BCUT2D eigenvalue weighted by molar-refractivity contribution is 0.556. The molecule has 0 aromatic heterocycles. The summed E-state index contributed by atoms with van der Waals surface area (Å²) in [5.41, 5.74) is 14.6. The number of unbranched alkanes of at least 4 members (excludes halogenated alkanes) is 18. The molecular formula is C52H62N4. The molecule has 4 nitrogen and oxygen atoms in total. The van der Waals surface area contributed by atoms with Crippen LogP contribution in [0.2, 0.25) is 0 Å². The Hall–Kier alpha value is -4.90. The van der Waals surface area contributed by atoms with E-state index in [9.17, 15) is 21.0 Å². The smallest absolute Gasteiger partial charge is 0.138 e. The third-order valence-electron chi connectivity index (χ3n) is 12.1. The Kier molecular flexibility index (Phi) is 16.2. The highest BCUT2D eigenvalue weighted by Crippen LogP contribution is 2.58. The highest BCUT2D eigenvalue weighted by molar-refractivity contribution is 6.14. The minimum absolute atomic E-state index is 0.150. The molecule has 2 aliphatic rings. The first-order valence-corrected chi connectivity index (χ1v) is 22.0. The zero-order valence-corrected chi connectivity index (χ0v) is 34.8. The highest BCUT2D eigenvalue weighted by atomic mass is 14.4. The van der Waals surface area contributed by atoms with Crippen molar-refractivity contribution >= 4 is 11.1 Å². The summed E-state index contributed by atoms with van der Waals surface area (Å²) in [5, 5.41) is 41.9. The van der Waals surface area contributed by atoms with E-state index in [1.165, 1.54) is 103 Å². The maximum absolute atomic E-state index is 10.5. The molecule has 0 spiro atoms. The predicted molar refractivity (Wildman–Crippen MR) is 232 cm³/mol. The highest BCUT2D eigenvalue weighted by Gasteiger charge is 2.39. The Morgan fingerprint density at radius 2 is 0.696 bits per heavy atom. The molecule has 0 saturated carbocycles. The minimum atomic E-state index is 0.150. The van der Waals surface area contributed by atoms with Gasteiger partial charge in [0, 0.05) is 11.1 Å². The first-order chi connectivity index (χ1) is 27.4. The topological polar surface area (TPSA) is 95.2 Å². The van der Waals surface area contributed by atoms with E-state index in [0.29, 0.717) is 0 Å². The second kappa shape index (κ2) is 21.4. The molecule has 0 radical (unpaired) electrons. The number of nitrogens with zero attached hydrogens (tertiary/aromatic N) is 4. The Morgan fingerprint density at radius 3 is 1.00 bits per heavy atom. The van der Waals surface area contributed by atoms with Crippen LogP contribution in [-0.4, -0.2) is 0 Å². The second-order valence-corrected chi connectivity index (χ2v) is 16.4. The lowest BCUT2D eigenvalue weighted by atomic mass is 9.80. The van der Waals surface area contributed by atoms with Gasteiger partial charge in [0.25, 0.3) is 0 Å². The molecule has 0 saturated heterocycles. The molecule has 3 aromatic carbocycles. The van der Waals surface area contributed by atoms with Crippen LogP contribution in [0.25, 0.3) is 33.4 Å². The summed E-state index contributed by atoms with van der Waals surface area (Å²) in [5.74, 6) is 0. The van der Waals surface area contributed by atoms with Gasteiger partial charge in [-0.1, -0.05) is 177 Å². The quantitative estimate of drug-likeness (QED) is 0.0521. The Morgan fingerprint density at radius 1 is 0.393 bits per heavy atom. The number of nitriles is 4. The van der Waals surface area contributed by atoms with E-state index in [1.807, 2.05) is 0 Å². The number of benzene rings is 3. The number of hydrogen-bond donors (Lipinski definition) is 0. The van der Waals surface area contributed by atoms with E-state index in [1.54, 1.807) is 0 Å². The molecule has 4 heteroatoms. The summed E-state index contributed by atoms with van der Waals surface area (Å²) in [6, 6.07) is 22.1. The first kappa shape index (κ1) is 42.2. The van der Waals surface area contributed by atoms with Gasteiger partial charge in [0.2, 0.25) is 0 Å². The van der Waals surface area contributed by atoms with Gasteiger partial charge in [-0.3, -0.25) is 0 Å². The molecule has 5 rings (SSSR count). The van der Waals surface area contributed by atoms with Crippen molar-refractivity contribution in [3.8, 4) is 46.5 Å². The van der Waals surface area contributed by atoms with Crippen LogP contribution >= 0.6 is 0 Å². The molecular weight excluding hydrogens is 681 g/mol. The van der Waals surface area contributed by atoms with Gasteiger partial charge in [-0.2, -0.15) is 21.0 Å². The van der Waals surface area contributed by atoms with Crippen LogP contribution in [-0.2, 0) is 12.8 Å². The van der Waals surface area contributed by atoms with Crippen molar-refractivity contribution in [3.63, 3.8) is 0 Å². The lowest BCUT2D eigenvalue weighted by Crippen LogP contribution is -2.06. The van der Waals surface area contributed by atoms with Crippen LogP contribution in [0.4, 0.5) is 0 Å². The molecule has 0 N–H and O–H groups in total. The maximum atomic E-state index is 10.5. The average molecular weight is 743 g/mol. The normalized spacial score (nSPS) is 11.9. The molecule has 3 aromatic rings. The molecule has 290 valence electrons. The summed E-state index contributed by atoms with van der Waals surface area (Å²) in [7, 11) is 0. The summed E-state index contributed by atoms with van der Waals surface area (Å²) in [6.45, 7) is 8.67. The Labute approximate surface area is 338 Å². The van der Waals surface area contributed by atoms with Crippen molar-refractivity contribution in [2.75, 3.05) is 0 Å². The van der Waals surface area contributed by atoms with E-state index in [-0.39, 0.29) is 11.1 Å². The van der Waals surface area contributed by atoms with Crippen LogP contribution in [0, 0.1) is 59.2 Å². The molecule has 56 heavy (non-hydrogen) atoms. The van der Waals surface area contributed by atoms with Gasteiger partial charge in [0.15, 0.2) is 0 Å². The average Bonchev–Trinajstić information content (AvgIpc) is 3.70. The molecule has 0 aliphatic heterocycles. The van der Waals surface area contributed by atoms with Crippen molar-refractivity contribution < 1.29 is 0 Å². The summed E-state index contributed by atoms with van der Waals surface area (Å²) >= 11 is 0. The van der Waals surface area contributed by atoms with Gasteiger partial charge in [0.1, 0.15) is 35.4 Å². The number of aryl methyl sites for hydroxylation is 2. The lowest BCUT2D eigenvalue weighted by Gasteiger charge is -2.22. The fraction of sp³-hybridized carbons (Fsp3) is 0.500. The molecule has 0 fully saturated rings. The molecule has 0 heterocycles. The van der Waals surface area contributed by atoms with E-state index in [4.69, 9.17) is 0 Å². The SMILES string of the molecule is CCCCCCCCCCCCc1c2c(c(CCCCCCCCCCCC)c3c1-c1ccc(C)cc1C3=C(C#N)C#N)-c1ccc(C)cc1C2=C(C#N)C#N. The maximum Gasteiger partial charge on any atom is 0.138 e. The van der Waals surface area contributed by atoms with Gasteiger partial charge in [-0.15, -0.1) is 0 Å². The number of allylic oxidation sites excluding steroid dienone is 2. The van der Waals surface area contributed by atoms with Gasteiger partial charge >= 0.3 is 0 Å². The predicted octanol–water partition coefficient (Wildman–Crippen LogP) is 14.9. The van der Waals surface area contributed by atoms with Crippen molar-refractivity contribution in [1.82, 2.24) is 0 Å². The summed E-state index contributed by atoms with van der Waals surface area (Å²) < 4.78 is 0. The van der Waals surface area contributed by atoms with Crippen LogP contribution in [0.3, 0.4) is 0 Å². The van der Waals surface area contributed by atoms with Crippen LogP contribution < -0.4 is 0 Å². The number of rotatable bonds is 22. The number of fused-ring (bicyclic) bond motifs is 6. The standard InChI is InChI=1S/C52H62N4/c1-5-7-9-11-13-15-17-19-21-23-25-43-49-41-29-27-37(3)31-45(41)48(40(35-55)36-56)52(49)44(26-24-22-20-18-16-14-12-10-8-6-2)50-42-30-28-38(4)32-46(42)47(51(43)50)39(33-53)34-54/h27-32H,5-26H2,1-4H3. The molecule has 0 atom stereocenters. The zero-order chi connectivity index (χ0) is 39.9. The minimum Gasteiger partial charge on any atom is -0.192 e. The van der Waals surface area contributed by atoms with E-state index >= 15 is 0 Å². The Bertz CT molecular complexity index is 1910. The molecule has 0 bridgehead atoms. The monoisotopic (exact) mass is 742 g/mol. The van der Waals surface area contributed by atoms with Crippen molar-refractivity contribution in [1.29, 1.82) is 21.0 Å². The second-order valence-electron chi connectivity index (χ2n) is 16.4. The van der Waals surface area contributed by atoms with Gasteiger partial charge in [-0.25, -0.2) is 0 Å². The molecule has 2 aliphatic carbocycles. The first-order valence-electron chi connectivity index (χ1n) is 22.0. The Balaban J connectivity index is 1.63. The van der Waals surface area contributed by atoms with Crippen LogP contribution in [0.1, 0.15) is 187 Å². The van der Waals surface area contributed by atoms with Crippen molar-refractivity contribution in [2.24, 2.45) is 0 Å². The van der Waals surface area contributed by atoms with Crippen molar-refractivity contribution in [3.05, 3.63) is 92.1 Å². The van der Waals surface area contributed by atoms with Crippen LogP contribution in [0.5, 0.6) is 0 Å². The van der Waals surface area contributed by atoms with Gasteiger partial charge in [0.05, 0.1) is 0 Å². The van der Waals surface area contributed by atoms with E-state index in [0.717, 1.165) is 116 Å². The molecule has 0 amide bonds. The van der Waals surface area contributed by atoms with Gasteiger partial charge in [-0.05, 0) is 95.2 Å². The third kappa shape index (κ3) is 9.54. The van der Waals surface area contributed by atoms with Crippen LogP contribution in [0.15, 0.2) is 47.5 Å². The fourth-order valence-electron chi connectivity index (χ4n) is 9.31. The van der Waals surface area contributed by atoms with Gasteiger partial charge < -0.3 is 0 Å². The fourth-order valence-corrected chi connectivity index (χ4v) is 9.31. The summed E-state index contributed by atoms with van der Waals surface area (Å²) in [4.78, 5) is 0. The summed E-state index contributed by atoms with van der Waals surface area (Å²) in [6.07, 6.45) is 26.4. The largest absolute Gasteiger partial charge is 0.192 e. The molecule has 0 unspecified atom stereocenters. The van der Waals surface area contributed by atoms with E-state index in [2.05, 4.69) is 88.4 Å². The zero-order valence-electron chi connectivity index (χ0n) is 34.8.